The number of carbonyl (C=O) groups is 1. The molecule has 0 atom stereocenters. The van der Waals surface area contributed by atoms with Gasteiger partial charge in [-0.15, -0.1) is 0 Å². The fraction of sp³-hybridized carbons (Fsp3) is 0.320. The number of furan rings is 1. The SMILES string of the molecule is CC(C)Oc1ccc(S(=O)(=O)N2CCN(c3cc(OCC(=O)O)cc(-c4ccco4)c3)CC2)cc1. The summed E-state index contributed by atoms with van der Waals surface area (Å²) in [7, 11) is -3.64. The molecule has 9 nitrogen and oxygen atoms in total. The maximum atomic E-state index is 13.2. The molecule has 2 aromatic carbocycles. The molecule has 0 saturated carbocycles. The Balaban J connectivity index is 1.49. The van der Waals surface area contributed by atoms with E-state index in [9.17, 15) is 13.2 Å². The lowest BCUT2D eigenvalue weighted by atomic mass is 10.1. The molecular weight excluding hydrogens is 472 g/mol. The van der Waals surface area contributed by atoms with Crippen molar-refractivity contribution in [1.82, 2.24) is 4.31 Å². The molecular formula is C25H28N2O7S. The van der Waals surface area contributed by atoms with E-state index in [2.05, 4.69) is 0 Å². The van der Waals surface area contributed by atoms with Crippen LogP contribution in [0.4, 0.5) is 5.69 Å². The molecule has 3 aromatic rings. The standard InChI is InChI=1S/C25H28N2O7S/c1-18(2)34-21-5-7-23(8-6-21)35(30,31)27-11-9-26(10-12-27)20-14-19(24-4-3-13-32-24)15-22(16-20)33-17-25(28)29/h3-8,13-16,18H,9-12,17H2,1-2H3,(H,28,29). The summed E-state index contributed by atoms with van der Waals surface area (Å²) in [4.78, 5) is 13.2. The van der Waals surface area contributed by atoms with Crippen LogP contribution in [-0.4, -0.2) is 62.7 Å². The Morgan fingerprint density at radius 3 is 2.34 bits per heavy atom. The van der Waals surface area contributed by atoms with Crippen molar-refractivity contribution in [2.75, 3.05) is 37.7 Å². The number of carboxylic acid groups (broad SMARTS) is 1. The number of aliphatic carboxylic acids is 1. The summed E-state index contributed by atoms with van der Waals surface area (Å²) in [6.45, 7) is 4.91. The monoisotopic (exact) mass is 500 g/mol. The number of piperazine rings is 1. The van der Waals surface area contributed by atoms with Gasteiger partial charge in [0.1, 0.15) is 17.3 Å². The number of hydrogen-bond donors (Lipinski definition) is 1. The fourth-order valence-electron chi connectivity index (χ4n) is 3.88. The first-order chi connectivity index (χ1) is 16.7. The Hall–Kier alpha value is -3.50. The number of benzene rings is 2. The van der Waals surface area contributed by atoms with E-state index in [4.69, 9.17) is 19.0 Å². The Labute approximate surface area is 204 Å². The Kier molecular flexibility index (Phi) is 7.32. The topological polar surface area (TPSA) is 110 Å². The van der Waals surface area contributed by atoms with Gasteiger partial charge in [-0.1, -0.05) is 0 Å². The average molecular weight is 501 g/mol. The highest BCUT2D eigenvalue weighted by Gasteiger charge is 2.29. The van der Waals surface area contributed by atoms with Crippen LogP contribution in [0.25, 0.3) is 11.3 Å². The van der Waals surface area contributed by atoms with Crippen molar-refractivity contribution < 1.29 is 32.2 Å². The second-order valence-electron chi connectivity index (χ2n) is 8.40. The molecule has 0 aliphatic carbocycles. The number of nitrogens with zero attached hydrogens (tertiary/aromatic N) is 2. The largest absolute Gasteiger partial charge is 0.491 e. The van der Waals surface area contributed by atoms with Crippen molar-refractivity contribution in [3.63, 3.8) is 0 Å². The van der Waals surface area contributed by atoms with Gasteiger partial charge in [-0.25, -0.2) is 13.2 Å². The van der Waals surface area contributed by atoms with Gasteiger partial charge < -0.3 is 23.9 Å². The molecule has 10 heteroatoms. The van der Waals surface area contributed by atoms with Gasteiger partial charge in [-0.3, -0.25) is 0 Å². The van der Waals surface area contributed by atoms with Crippen LogP contribution in [0.5, 0.6) is 11.5 Å². The third-order valence-corrected chi connectivity index (χ3v) is 7.41. The van der Waals surface area contributed by atoms with Crippen LogP contribution in [0.15, 0.2) is 70.2 Å². The van der Waals surface area contributed by atoms with E-state index in [0.717, 1.165) is 11.3 Å². The molecule has 0 radical (unpaired) electrons. The summed E-state index contributed by atoms with van der Waals surface area (Å²) in [5.74, 6) is 0.576. The first-order valence-corrected chi connectivity index (χ1v) is 12.7. The van der Waals surface area contributed by atoms with Crippen LogP contribution in [-0.2, 0) is 14.8 Å². The van der Waals surface area contributed by atoms with Crippen molar-refractivity contribution in [2.45, 2.75) is 24.8 Å². The predicted molar refractivity (Wildman–Crippen MR) is 130 cm³/mol. The van der Waals surface area contributed by atoms with Crippen LogP contribution >= 0.6 is 0 Å². The number of ether oxygens (including phenoxy) is 2. The van der Waals surface area contributed by atoms with E-state index in [1.54, 1.807) is 48.7 Å². The van der Waals surface area contributed by atoms with E-state index >= 15 is 0 Å². The van der Waals surface area contributed by atoms with Crippen LogP contribution in [0.3, 0.4) is 0 Å². The average Bonchev–Trinajstić information content (AvgIpc) is 3.38. The molecule has 2 heterocycles. The van der Waals surface area contributed by atoms with Gasteiger partial charge in [0.25, 0.3) is 0 Å². The summed E-state index contributed by atoms with van der Waals surface area (Å²) >= 11 is 0. The molecule has 1 fully saturated rings. The van der Waals surface area contributed by atoms with Crippen molar-refractivity contribution >= 4 is 21.7 Å². The first kappa shape index (κ1) is 24.6. The Morgan fingerprint density at radius 2 is 1.74 bits per heavy atom. The molecule has 186 valence electrons. The second kappa shape index (κ2) is 10.4. The number of anilines is 1. The summed E-state index contributed by atoms with van der Waals surface area (Å²) in [6.07, 6.45) is 1.57. The van der Waals surface area contributed by atoms with Crippen molar-refractivity contribution in [1.29, 1.82) is 0 Å². The van der Waals surface area contributed by atoms with Gasteiger partial charge in [0.05, 0.1) is 17.3 Å². The number of carboxylic acids is 1. The molecule has 0 spiro atoms. The van der Waals surface area contributed by atoms with Crippen molar-refractivity contribution in [2.24, 2.45) is 0 Å². The van der Waals surface area contributed by atoms with Gasteiger partial charge >= 0.3 is 5.97 Å². The molecule has 4 rings (SSSR count). The second-order valence-corrected chi connectivity index (χ2v) is 10.3. The van der Waals surface area contributed by atoms with E-state index in [1.165, 1.54) is 4.31 Å². The molecule has 1 aliphatic rings. The fourth-order valence-corrected chi connectivity index (χ4v) is 5.30. The van der Waals surface area contributed by atoms with Gasteiger partial charge in [0, 0.05) is 43.5 Å². The smallest absolute Gasteiger partial charge is 0.341 e. The minimum Gasteiger partial charge on any atom is -0.491 e. The molecule has 0 amide bonds. The van der Waals surface area contributed by atoms with E-state index in [1.807, 2.05) is 30.9 Å². The zero-order valence-electron chi connectivity index (χ0n) is 19.6. The van der Waals surface area contributed by atoms with Gasteiger partial charge in [0.2, 0.25) is 10.0 Å². The number of rotatable bonds is 9. The number of sulfonamides is 1. The van der Waals surface area contributed by atoms with Crippen LogP contribution in [0.2, 0.25) is 0 Å². The lowest BCUT2D eigenvalue weighted by molar-refractivity contribution is -0.139. The third-order valence-electron chi connectivity index (χ3n) is 5.50. The maximum absolute atomic E-state index is 13.2. The molecule has 0 bridgehead atoms. The first-order valence-electron chi connectivity index (χ1n) is 11.3. The molecule has 1 saturated heterocycles. The van der Waals surface area contributed by atoms with E-state index < -0.39 is 22.6 Å². The maximum Gasteiger partial charge on any atom is 0.341 e. The molecule has 35 heavy (non-hydrogen) atoms. The minimum absolute atomic E-state index is 0.00636. The van der Waals surface area contributed by atoms with Crippen LogP contribution < -0.4 is 14.4 Å². The van der Waals surface area contributed by atoms with Gasteiger partial charge in [-0.2, -0.15) is 4.31 Å². The Morgan fingerprint density at radius 1 is 1.03 bits per heavy atom. The molecule has 0 unspecified atom stereocenters. The van der Waals surface area contributed by atoms with E-state index in [0.29, 0.717) is 43.4 Å². The highest BCUT2D eigenvalue weighted by atomic mass is 32.2. The highest BCUT2D eigenvalue weighted by Crippen LogP contribution is 2.32. The predicted octanol–water partition coefficient (Wildman–Crippen LogP) is 3.71. The van der Waals surface area contributed by atoms with E-state index in [-0.39, 0.29) is 11.0 Å². The summed E-state index contributed by atoms with van der Waals surface area (Å²) in [6, 6.07) is 15.4. The van der Waals surface area contributed by atoms with Gasteiger partial charge in [-0.05, 0) is 62.4 Å². The van der Waals surface area contributed by atoms with Crippen LogP contribution in [0.1, 0.15) is 13.8 Å². The lowest BCUT2D eigenvalue weighted by Crippen LogP contribution is -2.48. The van der Waals surface area contributed by atoms with Crippen molar-refractivity contribution in [3.8, 4) is 22.8 Å². The Bertz CT molecular complexity index is 1250. The summed E-state index contributed by atoms with van der Waals surface area (Å²) in [5, 5.41) is 8.98. The normalized spacial score (nSPS) is 14.8. The van der Waals surface area contributed by atoms with Crippen LogP contribution in [0, 0.1) is 0 Å². The molecule has 1 aromatic heterocycles. The molecule has 1 N–H and O–H groups in total. The molecule has 1 aliphatic heterocycles. The number of hydrogen-bond acceptors (Lipinski definition) is 7. The third kappa shape index (κ3) is 5.95. The van der Waals surface area contributed by atoms with Crippen molar-refractivity contribution in [3.05, 3.63) is 60.9 Å². The lowest BCUT2D eigenvalue weighted by Gasteiger charge is -2.35. The zero-order valence-corrected chi connectivity index (χ0v) is 20.4. The minimum atomic E-state index is -3.64. The summed E-state index contributed by atoms with van der Waals surface area (Å²) in [5.41, 5.74) is 1.54. The van der Waals surface area contributed by atoms with Gasteiger partial charge in [0.15, 0.2) is 6.61 Å². The quantitative estimate of drug-likeness (QED) is 0.474. The summed E-state index contributed by atoms with van der Waals surface area (Å²) < 4.78 is 44.3. The zero-order chi connectivity index (χ0) is 25.0. The highest BCUT2D eigenvalue weighted by molar-refractivity contribution is 7.89.